The molecular weight excluding hydrogens is 181 g/mol. The van der Waals surface area contributed by atoms with Crippen molar-refractivity contribution >= 4 is 0 Å². The van der Waals surface area contributed by atoms with Gasteiger partial charge in [-0.3, -0.25) is 0 Å². The van der Waals surface area contributed by atoms with E-state index in [1.54, 1.807) is 6.92 Å². The van der Waals surface area contributed by atoms with Crippen LogP contribution in [0.15, 0.2) is 0 Å². The highest BCUT2D eigenvalue weighted by molar-refractivity contribution is 4.87. The van der Waals surface area contributed by atoms with Crippen molar-refractivity contribution in [2.24, 2.45) is 5.92 Å². The summed E-state index contributed by atoms with van der Waals surface area (Å²) in [6.07, 6.45) is -2.67. The number of aliphatic hydroxyl groups is 1. The van der Waals surface area contributed by atoms with Crippen LogP contribution in [0, 0.1) is 5.92 Å². The second-order valence-corrected chi connectivity index (χ2v) is 3.91. The summed E-state index contributed by atoms with van der Waals surface area (Å²) in [5, 5.41) is 9.71. The molecule has 1 aliphatic carbocycles. The zero-order chi connectivity index (χ0) is 10.1. The van der Waals surface area contributed by atoms with Gasteiger partial charge in [-0.2, -0.15) is 13.2 Å². The van der Waals surface area contributed by atoms with Gasteiger partial charge in [0.05, 0.1) is 11.5 Å². The quantitative estimate of drug-likeness (QED) is 0.683. The molecule has 0 bridgehead atoms. The van der Waals surface area contributed by atoms with E-state index in [0.717, 1.165) is 0 Å². The summed E-state index contributed by atoms with van der Waals surface area (Å²) in [6, 6.07) is 0. The molecule has 1 N–H and O–H groups in total. The predicted octanol–water partition coefficient (Wildman–Crippen LogP) is 2.88. The van der Waals surface area contributed by atoms with Crippen LogP contribution in [0.4, 0.5) is 13.2 Å². The van der Waals surface area contributed by atoms with Gasteiger partial charge in [0.25, 0.3) is 0 Å². The van der Waals surface area contributed by atoms with E-state index in [4.69, 9.17) is 0 Å². The van der Waals surface area contributed by atoms with Crippen LogP contribution < -0.4 is 0 Å². The van der Waals surface area contributed by atoms with Crippen LogP contribution in [-0.4, -0.2) is 16.9 Å². The van der Waals surface area contributed by atoms with Crippen LogP contribution in [0.1, 0.15) is 39.0 Å². The molecule has 1 aliphatic rings. The second kappa shape index (κ2) is 3.48. The van der Waals surface area contributed by atoms with Gasteiger partial charge in [-0.05, 0) is 32.1 Å². The number of rotatable bonds is 1. The SMILES string of the molecule is CCC1(O)CCCC(C(F)(F)F)C1. The van der Waals surface area contributed by atoms with Crippen molar-refractivity contribution in [3.8, 4) is 0 Å². The molecule has 0 spiro atoms. The molecule has 1 nitrogen and oxygen atoms in total. The molecule has 0 aromatic carbocycles. The summed E-state index contributed by atoms with van der Waals surface area (Å²) in [5.74, 6) is -1.30. The zero-order valence-electron chi connectivity index (χ0n) is 7.69. The Balaban J connectivity index is 2.62. The molecule has 78 valence electrons. The third kappa shape index (κ3) is 2.59. The summed E-state index contributed by atoms with van der Waals surface area (Å²) in [7, 11) is 0. The Bertz CT molecular complexity index is 178. The highest BCUT2D eigenvalue weighted by Gasteiger charge is 2.46. The fraction of sp³-hybridized carbons (Fsp3) is 1.00. The topological polar surface area (TPSA) is 20.2 Å². The molecule has 0 amide bonds. The Morgan fingerprint density at radius 1 is 1.46 bits per heavy atom. The van der Waals surface area contributed by atoms with Crippen molar-refractivity contribution in [2.75, 3.05) is 0 Å². The first kappa shape index (κ1) is 10.8. The number of halogens is 3. The molecule has 2 unspecified atom stereocenters. The summed E-state index contributed by atoms with van der Waals surface area (Å²) in [4.78, 5) is 0. The van der Waals surface area contributed by atoms with Gasteiger partial charge in [0.15, 0.2) is 0 Å². The lowest BCUT2D eigenvalue weighted by molar-refractivity contribution is -0.200. The van der Waals surface area contributed by atoms with E-state index >= 15 is 0 Å². The molecule has 0 aromatic heterocycles. The first-order chi connectivity index (χ1) is 5.87. The van der Waals surface area contributed by atoms with Gasteiger partial charge in [0, 0.05) is 0 Å². The fourth-order valence-corrected chi connectivity index (χ4v) is 1.94. The van der Waals surface area contributed by atoms with Gasteiger partial charge in [0.1, 0.15) is 0 Å². The Morgan fingerprint density at radius 3 is 2.54 bits per heavy atom. The average molecular weight is 196 g/mol. The normalized spacial score (nSPS) is 36.2. The van der Waals surface area contributed by atoms with Gasteiger partial charge < -0.3 is 5.11 Å². The molecular formula is C9H15F3O. The minimum Gasteiger partial charge on any atom is -0.390 e. The summed E-state index contributed by atoms with van der Waals surface area (Å²) < 4.78 is 36.9. The molecule has 0 aliphatic heterocycles. The minimum atomic E-state index is -4.14. The van der Waals surface area contributed by atoms with E-state index < -0.39 is 17.7 Å². The van der Waals surface area contributed by atoms with Crippen LogP contribution in [0.5, 0.6) is 0 Å². The van der Waals surface area contributed by atoms with E-state index in [0.29, 0.717) is 19.3 Å². The van der Waals surface area contributed by atoms with Gasteiger partial charge in [-0.15, -0.1) is 0 Å². The fourth-order valence-electron chi connectivity index (χ4n) is 1.94. The average Bonchev–Trinajstić information content (AvgIpc) is 2.03. The first-order valence-electron chi connectivity index (χ1n) is 4.66. The molecule has 13 heavy (non-hydrogen) atoms. The number of alkyl halides is 3. The van der Waals surface area contributed by atoms with E-state index in [-0.39, 0.29) is 12.8 Å². The maximum atomic E-state index is 12.3. The Morgan fingerprint density at radius 2 is 2.08 bits per heavy atom. The number of hydrogen-bond donors (Lipinski definition) is 1. The maximum absolute atomic E-state index is 12.3. The van der Waals surface area contributed by atoms with E-state index in [9.17, 15) is 18.3 Å². The van der Waals surface area contributed by atoms with Crippen LogP contribution in [0.2, 0.25) is 0 Å². The molecule has 1 saturated carbocycles. The van der Waals surface area contributed by atoms with Crippen molar-refractivity contribution in [1.82, 2.24) is 0 Å². The maximum Gasteiger partial charge on any atom is 0.391 e. The van der Waals surface area contributed by atoms with E-state index in [1.165, 1.54) is 0 Å². The van der Waals surface area contributed by atoms with Crippen LogP contribution in [-0.2, 0) is 0 Å². The van der Waals surface area contributed by atoms with Crippen LogP contribution in [0.25, 0.3) is 0 Å². The van der Waals surface area contributed by atoms with E-state index in [2.05, 4.69) is 0 Å². The number of hydrogen-bond acceptors (Lipinski definition) is 1. The van der Waals surface area contributed by atoms with Gasteiger partial charge >= 0.3 is 6.18 Å². The van der Waals surface area contributed by atoms with Crippen molar-refractivity contribution in [3.63, 3.8) is 0 Å². The molecule has 4 heteroatoms. The molecule has 1 rings (SSSR count). The highest BCUT2D eigenvalue weighted by Crippen LogP contribution is 2.42. The third-order valence-electron chi connectivity index (χ3n) is 2.94. The molecule has 0 heterocycles. The Kier molecular flexibility index (Phi) is 2.90. The molecule has 0 radical (unpaired) electrons. The summed E-state index contributed by atoms with van der Waals surface area (Å²) in [5.41, 5.74) is -1.07. The van der Waals surface area contributed by atoms with Crippen molar-refractivity contribution < 1.29 is 18.3 Å². The lowest BCUT2D eigenvalue weighted by Gasteiger charge is -2.36. The minimum absolute atomic E-state index is 0.118. The second-order valence-electron chi connectivity index (χ2n) is 3.91. The van der Waals surface area contributed by atoms with Crippen molar-refractivity contribution in [3.05, 3.63) is 0 Å². The summed E-state index contributed by atoms with van der Waals surface area (Å²) >= 11 is 0. The van der Waals surface area contributed by atoms with Gasteiger partial charge in [0.2, 0.25) is 0 Å². The standard InChI is InChI=1S/C9H15F3O/c1-2-8(13)5-3-4-7(6-8)9(10,11)12/h7,13H,2-6H2,1H3. The molecule has 1 fully saturated rings. The third-order valence-corrected chi connectivity index (χ3v) is 2.94. The molecule has 0 aromatic rings. The molecule has 0 saturated heterocycles. The monoisotopic (exact) mass is 196 g/mol. The van der Waals surface area contributed by atoms with E-state index in [1.807, 2.05) is 0 Å². The predicted molar refractivity (Wildman–Crippen MR) is 43.3 cm³/mol. The zero-order valence-corrected chi connectivity index (χ0v) is 7.69. The largest absolute Gasteiger partial charge is 0.391 e. The lowest BCUT2D eigenvalue weighted by atomic mass is 9.76. The van der Waals surface area contributed by atoms with Gasteiger partial charge in [-0.1, -0.05) is 6.92 Å². The van der Waals surface area contributed by atoms with Crippen LogP contribution >= 0.6 is 0 Å². The van der Waals surface area contributed by atoms with Gasteiger partial charge in [-0.25, -0.2) is 0 Å². The molecule has 2 atom stereocenters. The first-order valence-corrected chi connectivity index (χ1v) is 4.66. The highest BCUT2D eigenvalue weighted by atomic mass is 19.4. The van der Waals surface area contributed by atoms with Crippen molar-refractivity contribution in [1.29, 1.82) is 0 Å². The van der Waals surface area contributed by atoms with Crippen molar-refractivity contribution in [2.45, 2.75) is 50.8 Å². The smallest absolute Gasteiger partial charge is 0.390 e. The lowest BCUT2D eigenvalue weighted by Crippen LogP contribution is -2.39. The summed E-state index contributed by atoms with van der Waals surface area (Å²) in [6.45, 7) is 1.73. The Hall–Kier alpha value is -0.250. The van der Waals surface area contributed by atoms with Crippen LogP contribution in [0.3, 0.4) is 0 Å². The Labute approximate surface area is 75.9 Å².